The van der Waals surface area contributed by atoms with Gasteiger partial charge in [-0.1, -0.05) is 0 Å². The van der Waals surface area contributed by atoms with E-state index in [0.717, 1.165) is 6.20 Å². The number of hydrogen-bond donors (Lipinski definition) is 1. The maximum absolute atomic E-state index is 13.5. The van der Waals surface area contributed by atoms with Gasteiger partial charge in [0.15, 0.2) is 11.5 Å². The van der Waals surface area contributed by atoms with Crippen molar-refractivity contribution < 1.29 is 13.9 Å². The van der Waals surface area contributed by atoms with Crippen molar-refractivity contribution in [3.05, 3.63) is 34.4 Å². The minimum atomic E-state index is -0.579. The average Bonchev–Trinajstić information content (AvgIpc) is 2.71. The molecule has 88 valence electrons. The van der Waals surface area contributed by atoms with Gasteiger partial charge in [0.1, 0.15) is 5.69 Å². The lowest BCUT2D eigenvalue weighted by Gasteiger charge is -1.99. The van der Waals surface area contributed by atoms with E-state index in [4.69, 9.17) is 0 Å². The number of carbonyl (C=O) groups excluding carboxylic acids is 1. The van der Waals surface area contributed by atoms with Gasteiger partial charge in [-0.25, -0.2) is 9.18 Å². The van der Waals surface area contributed by atoms with Crippen LogP contribution in [0, 0.1) is 5.82 Å². The van der Waals surface area contributed by atoms with E-state index in [1.54, 1.807) is 0 Å². The molecule has 0 radical (unpaired) electrons. The monoisotopic (exact) mass is 299 g/mol. The Kier molecular flexibility index (Phi) is 3.19. The Labute approximate surface area is 104 Å². The second-order valence-electron chi connectivity index (χ2n) is 3.11. The summed E-state index contributed by atoms with van der Waals surface area (Å²) >= 11 is 3.18. The molecule has 1 N–H and O–H groups in total. The number of pyridine rings is 1. The number of aromatic nitrogens is 3. The summed E-state index contributed by atoms with van der Waals surface area (Å²) in [6, 6.07) is 1.47. The minimum Gasteiger partial charge on any atom is -0.464 e. The van der Waals surface area contributed by atoms with Crippen LogP contribution in [0.5, 0.6) is 0 Å². The third kappa shape index (κ3) is 2.05. The van der Waals surface area contributed by atoms with Gasteiger partial charge >= 0.3 is 5.97 Å². The second kappa shape index (κ2) is 4.62. The van der Waals surface area contributed by atoms with E-state index in [1.807, 2.05) is 0 Å². The molecule has 0 saturated carbocycles. The summed E-state index contributed by atoms with van der Waals surface area (Å²) in [7, 11) is 1.25. The highest BCUT2D eigenvalue weighted by Crippen LogP contribution is 2.30. The molecule has 17 heavy (non-hydrogen) atoms. The third-order valence-electron chi connectivity index (χ3n) is 2.12. The molecule has 0 aromatic carbocycles. The number of H-pyrrole nitrogens is 1. The summed E-state index contributed by atoms with van der Waals surface area (Å²) < 4.78 is 18.4. The number of aromatic amines is 1. The van der Waals surface area contributed by atoms with Crippen molar-refractivity contribution in [2.45, 2.75) is 0 Å². The van der Waals surface area contributed by atoms with Gasteiger partial charge in [0.25, 0.3) is 0 Å². The molecule has 0 unspecified atom stereocenters. The molecule has 2 heterocycles. The zero-order chi connectivity index (χ0) is 12.4. The lowest BCUT2D eigenvalue weighted by atomic mass is 10.2. The fraction of sp³-hybridized carbons (Fsp3) is 0.100. The van der Waals surface area contributed by atoms with Gasteiger partial charge in [0.05, 0.1) is 17.8 Å². The van der Waals surface area contributed by atoms with E-state index in [2.05, 4.69) is 35.8 Å². The lowest BCUT2D eigenvalue weighted by Crippen LogP contribution is -2.02. The molecule has 0 atom stereocenters. The van der Waals surface area contributed by atoms with Crippen LogP contribution in [0.4, 0.5) is 4.39 Å². The third-order valence-corrected chi connectivity index (χ3v) is 2.90. The smallest absolute Gasteiger partial charge is 0.357 e. The number of ether oxygens (including phenoxy) is 1. The molecule has 0 spiro atoms. The summed E-state index contributed by atoms with van der Waals surface area (Å²) in [5, 5.41) is 6.37. The zero-order valence-corrected chi connectivity index (χ0v) is 10.3. The first-order chi connectivity index (χ1) is 8.15. The number of esters is 1. The van der Waals surface area contributed by atoms with Crippen LogP contribution in [0.1, 0.15) is 10.5 Å². The summed E-state index contributed by atoms with van der Waals surface area (Å²) in [4.78, 5) is 15.0. The standard InChI is InChI=1S/C10H7BrFN3O2/c1-17-10(16)9-7(11)8(14-15-9)5-2-3-13-4-6(5)12/h2-4H,1H3,(H,14,15). The van der Waals surface area contributed by atoms with Crippen LogP contribution in [0.25, 0.3) is 11.3 Å². The normalized spacial score (nSPS) is 10.3. The van der Waals surface area contributed by atoms with Crippen LogP contribution in [0.3, 0.4) is 0 Å². The van der Waals surface area contributed by atoms with Crippen LogP contribution in [-0.4, -0.2) is 28.3 Å². The van der Waals surface area contributed by atoms with Crippen molar-refractivity contribution in [1.29, 1.82) is 0 Å². The van der Waals surface area contributed by atoms with Gasteiger partial charge < -0.3 is 4.74 Å². The lowest BCUT2D eigenvalue weighted by molar-refractivity contribution is 0.0593. The maximum atomic E-state index is 13.5. The van der Waals surface area contributed by atoms with Crippen molar-refractivity contribution >= 4 is 21.9 Å². The van der Waals surface area contributed by atoms with Gasteiger partial charge in [-0.2, -0.15) is 5.10 Å². The molecule has 0 amide bonds. The molecule has 0 saturated heterocycles. The number of rotatable bonds is 2. The fourth-order valence-electron chi connectivity index (χ4n) is 1.31. The van der Waals surface area contributed by atoms with Gasteiger partial charge in [-0.15, -0.1) is 0 Å². The summed E-state index contributed by atoms with van der Waals surface area (Å²) in [6.07, 6.45) is 2.52. The Morgan fingerprint density at radius 3 is 3.00 bits per heavy atom. The quantitative estimate of drug-likeness (QED) is 0.863. The van der Waals surface area contributed by atoms with Crippen LogP contribution < -0.4 is 0 Å². The van der Waals surface area contributed by atoms with Gasteiger partial charge in [-0.3, -0.25) is 10.1 Å². The molecular weight excluding hydrogens is 293 g/mol. The predicted molar refractivity (Wildman–Crippen MR) is 60.8 cm³/mol. The van der Waals surface area contributed by atoms with Gasteiger partial charge in [0, 0.05) is 11.8 Å². The molecule has 5 nitrogen and oxygen atoms in total. The molecule has 2 aromatic rings. The Morgan fingerprint density at radius 2 is 2.35 bits per heavy atom. The SMILES string of the molecule is COC(=O)c1[nH]nc(-c2ccncc2F)c1Br. The molecular formula is C10H7BrFN3O2. The first-order valence-electron chi connectivity index (χ1n) is 4.57. The molecule has 0 fully saturated rings. The van der Waals surface area contributed by atoms with Gasteiger partial charge in [-0.05, 0) is 22.0 Å². The van der Waals surface area contributed by atoms with Crippen molar-refractivity contribution in [2.75, 3.05) is 7.11 Å². The predicted octanol–water partition coefficient (Wildman–Crippen LogP) is 2.16. The Balaban J connectivity index is 2.52. The molecule has 0 bridgehead atoms. The molecule has 2 rings (SSSR count). The summed E-state index contributed by atoms with van der Waals surface area (Å²) in [5.41, 5.74) is 0.683. The van der Waals surface area contributed by atoms with Crippen LogP contribution >= 0.6 is 15.9 Å². The van der Waals surface area contributed by atoms with Crippen molar-refractivity contribution in [1.82, 2.24) is 15.2 Å². The number of hydrogen-bond acceptors (Lipinski definition) is 4. The summed E-state index contributed by atoms with van der Waals surface area (Å²) in [6.45, 7) is 0. The zero-order valence-electron chi connectivity index (χ0n) is 8.70. The molecule has 0 aliphatic heterocycles. The number of halogens is 2. The topological polar surface area (TPSA) is 67.9 Å². The maximum Gasteiger partial charge on any atom is 0.357 e. The first-order valence-corrected chi connectivity index (χ1v) is 5.36. The molecule has 7 heteroatoms. The minimum absolute atomic E-state index is 0.138. The van der Waals surface area contributed by atoms with Crippen LogP contribution in [0.15, 0.2) is 22.9 Å². The highest BCUT2D eigenvalue weighted by Gasteiger charge is 2.20. The van der Waals surface area contributed by atoms with Crippen LogP contribution in [-0.2, 0) is 4.74 Å². The van der Waals surface area contributed by atoms with Crippen molar-refractivity contribution in [2.24, 2.45) is 0 Å². The number of nitrogens with zero attached hydrogens (tertiary/aromatic N) is 2. The second-order valence-corrected chi connectivity index (χ2v) is 3.90. The fourth-order valence-corrected chi connectivity index (χ4v) is 1.86. The van der Waals surface area contributed by atoms with Crippen molar-refractivity contribution in [3.8, 4) is 11.3 Å². The van der Waals surface area contributed by atoms with Crippen LogP contribution in [0.2, 0.25) is 0 Å². The first kappa shape index (κ1) is 11.7. The van der Waals surface area contributed by atoms with E-state index in [-0.39, 0.29) is 11.3 Å². The largest absolute Gasteiger partial charge is 0.464 e. The van der Waals surface area contributed by atoms with E-state index >= 15 is 0 Å². The Bertz CT molecular complexity index is 570. The van der Waals surface area contributed by atoms with E-state index in [0.29, 0.717) is 10.2 Å². The van der Waals surface area contributed by atoms with E-state index in [9.17, 15) is 9.18 Å². The van der Waals surface area contributed by atoms with Gasteiger partial charge in [0.2, 0.25) is 0 Å². The Hall–Kier alpha value is -1.76. The van der Waals surface area contributed by atoms with E-state index < -0.39 is 11.8 Å². The molecule has 0 aliphatic rings. The molecule has 2 aromatic heterocycles. The Morgan fingerprint density at radius 1 is 1.59 bits per heavy atom. The number of methoxy groups -OCH3 is 1. The highest BCUT2D eigenvalue weighted by molar-refractivity contribution is 9.10. The highest BCUT2D eigenvalue weighted by atomic mass is 79.9. The van der Waals surface area contributed by atoms with E-state index in [1.165, 1.54) is 19.4 Å². The average molecular weight is 300 g/mol. The van der Waals surface area contributed by atoms with Crippen molar-refractivity contribution in [3.63, 3.8) is 0 Å². The summed E-state index contributed by atoms with van der Waals surface area (Å²) in [5.74, 6) is -1.10. The molecule has 0 aliphatic carbocycles. The number of nitrogens with one attached hydrogen (secondary N) is 1. The number of carbonyl (C=O) groups is 1.